The zero-order valence-electron chi connectivity index (χ0n) is 4.02. The van der Waals surface area contributed by atoms with Crippen LogP contribution in [0.1, 0.15) is 35.1 Å². The van der Waals surface area contributed by atoms with Crippen LogP contribution in [0.2, 0.25) is 0 Å². The Morgan fingerprint density at radius 2 is 1.00 bits per heavy atom. The molecule has 0 fully saturated rings. The molecule has 56 valence electrons. The van der Waals surface area contributed by atoms with E-state index >= 15 is 0 Å². The summed E-state index contributed by atoms with van der Waals surface area (Å²) in [6.45, 7) is 4.25. The van der Waals surface area contributed by atoms with Crippen LogP contribution in [0.3, 0.4) is 0 Å². The predicted molar refractivity (Wildman–Crippen MR) is 54.5 cm³/mol. The van der Waals surface area contributed by atoms with Crippen molar-refractivity contribution < 1.29 is 0 Å². The molecule has 0 heterocycles. The molecule has 0 saturated carbocycles. The predicted octanol–water partition coefficient (Wildman–Crippen LogP) is 2.80. The first-order valence-electron chi connectivity index (χ1n) is 1.58. The van der Waals surface area contributed by atoms with E-state index in [0.29, 0.717) is 0 Å². The lowest BCUT2D eigenvalue weighted by molar-refractivity contribution is 1.09. The highest BCUT2D eigenvalue weighted by Gasteiger charge is 1.35. The van der Waals surface area contributed by atoms with Crippen molar-refractivity contribution in [3.8, 4) is 0 Å². The van der Waals surface area contributed by atoms with Crippen LogP contribution in [0.5, 0.6) is 0 Å². The van der Waals surface area contributed by atoms with E-state index < -0.39 is 0 Å². The minimum Gasteiger partial charge on any atom is -0.197 e. The summed E-state index contributed by atoms with van der Waals surface area (Å²) in [6.07, 6.45) is 1.25. The molecule has 0 N–H and O–H groups in total. The fourth-order valence-electron chi connectivity index (χ4n) is 0. The summed E-state index contributed by atoms with van der Waals surface area (Å²) < 4.78 is 0. The molecule has 8 heavy (non-hydrogen) atoms. The third-order valence-corrected chi connectivity index (χ3v) is 0. The number of rotatable bonds is 0. The van der Waals surface area contributed by atoms with E-state index in [1.165, 1.54) is 6.42 Å². The van der Waals surface area contributed by atoms with Crippen molar-refractivity contribution in [2.75, 3.05) is 0 Å². The average Bonchev–Trinajstić information content (AvgIpc) is 1.46. The molecule has 0 saturated heterocycles. The van der Waals surface area contributed by atoms with Gasteiger partial charge in [-0.05, 0) is 0 Å². The van der Waals surface area contributed by atoms with Crippen molar-refractivity contribution in [1.29, 1.82) is 0 Å². The largest absolute Gasteiger partial charge is 0.197 e. The van der Waals surface area contributed by atoms with Gasteiger partial charge in [-0.1, -0.05) is 35.1 Å². The first-order valence-corrected chi connectivity index (χ1v) is 2.91. The molecule has 0 bridgehead atoms. The first kappa shape index (κ1) is 37.1. The highest BCUT2D eigenvalue weighted by atomic mass is 32.8. The summed E-state index contributed by atoms with van der Waals surface area (Å²) in [7, 11) is 0. The van der Waals surface area contributed by atoms with E-state index in [4.69, 9.17) is 0 Å². The molecule has 0 nitrogen and oxygen atoms in total. The molecular formula is C5H18S3. The molecule has 0 aromatic carbocycles. The Morgan fingerprint density at radius 3 is 1.00 bits per heavy atom. The van der Waals surface area contributed by atoms with E-state index in [0.717, 1.165) is 0 Å². The van der Waals surface area contributed by atoms with Crippen LogP contribution in [0.15, 0.2) is 0 Å². The fourth-order valence-corrected chi connectivity index (χ4v) is 0. The van der Waals surface area contributed by atoms with Crippen LogP contribution >= 0.6 is 13.5 Å². The molecule has 0 aliphatic heterocycles. The Labute approximate surface area is 71.2 Å². The maximum Gasteiger partial charge on any atom is 0 e. The van der Waals surface area contributed by atoms with Crippen molar-refractivity contribution in [2.24, 2.45) is 0 Å². The van der Waals surface area contributed by atoms with Gasteiger partial charge in [0, 0.05) is 22.4 Å². The lowest BCUT2D eigenvalue weighted by atomic mass is 10.6. The monoisotopic (exact) mass is 174 g/mol. The topological polar surface area (TPSA) is 0 Å². The Morgan fingerprint density at radius 1 is 1.00 bits per heavy atom. The normalized spacial score (nSPS) is 2.75. The molecule has 0 aliphatic rings. The summed E-state index contributed by atoms with van der Waals surface area (Å²) >= 11 is 7.33. The van der Waals surface area contributed by atoms with Crippen molar-refractivity contribution in [2.45, 2.75) is 35.1 Å². The summed E-state index contributed by atoms with van der Waals surface area (Å²) in [6, 6.07) is 0. The van der Waals surface area contributed by atoms with Gasteiger partial charge in [0.1, 0.15) is 0 Å². The molecule has 0 aromatic heterocycles. The quantitative estimate of drug-likeness (QED) is 0.554. The van der Waals surface area contributed by atoms with Crippen LogP contribution in [0.25, 0.3) is 0 Å². The minimum absolute atomic E-state index is 0. The summed E-state index contributed by atoms with van der Waals surface area (Å²) in [5, 5.41) is 0. The number of hydrogen-bond acceptors (Lipinski definition) is 2. The van der Waals surface area contributed by atoms with E-state index in [-0.39, 0.29) is 28.3 Å². The second-order valence-electron chi connectivity index (χ2n) is 0.707. The minimum atomic E-state index is 0. The van der Waals surface area contributed by atoms with Gasteiger partial charge in [0.15, 0.2) is 0 Å². The summed E-state index contributed by atoms with van der Waals surface area (Å²) in [5.41, 5.74) is 0. The molecule has 0 atom stereocenters. The van der Waals surface area contributed by atoms with Gasteiger partial charge in [-0.15, -0.1) is 0 Å². The van der Waals surface area contributed by atoms with E-state index in [9.17, 15) is 0 Å². The van der Waals surface area contributed by atoms with Crippen molar-refractivity contribution in [3.63, 3.8) is 0 Å². The molecular weight excluding hydrogens is 156 g/mol. The number of hydrogen-bond donors (Lipinski definition) is 0. The molecule has 0 radical (unpaired) electrons. The molecule has 0 spiro atoms. The highest BCUT2D eigenvalue weighted by molar-refractivity contribution is 8.07. The second-order valence-corrected chi connectivity index (χ2v) is 0.707. The highest BCUT2D eigenvalue weighted by Crippen LogP contribution is 1.56. The third kappa shape index (κ3) is 365. The molecule has 0 aliphatic carbocycles. The SMILES string of the molecule is C.C.CCC.S.S=S. The molecule has 3 heteroatoms. The Balaban J connectivity index is -0.00000000567. The average molecular weight is 174 g/mol. The van der Waals surface area contributed by atoms with Crippen LogP contribution in [-0.2, 0) is 22.4 Å². The standard InChI is InChI=1S/C3H8.2CH4.S2.H2S/c1-3-2;;;1-2;/h3H2,1-2H3;2*1H4;;1H2. The molecule has 0 unspecified atom stereocenters. The van der Waals surface area contributed by atoms with Crippen molar-refractivity contribution in [3.05, 3.63) is 0 Å². The lowest BCUT2D eigenvalue weighted by Crippen LogP contribution is -1.27. The maximum atomic E-state index is 3.67. The van der Waals surface area contributed by atoms with Crippen LogP contribution < -0.4 is 0 Å². The summed E-state index contributed by atoms with van der Waals surface area (Å²) in [5.74, 6) is 0. The summed E-state index contributed by atoms with van der Waals surface area (Å²) in [4.78, 5) is 0. The lowest BCUT2D eigenvalue weighted by Gasteiger charge is -1.48. The second kappa shape index (κ2) is 112. The van der Waals surface area contributed by atoms with Gasteiger partial charge >= 0.3 is 0 Å². The van der Waals surface area contributed by atoms with Gasteiger partial charge in [0.25, 0.3) is 0 Å². The van der Waals surface area contributed by atoms with Crippen molar-refractivity contribution in [1.82, 2.24) is 0 Å². The van der Waals surface area contributed by atoms with Crippen LogP contribution in [0, 0.1) is 0 Å². The van der Waals surface area contributed by atoms with E-state index in [1.807, 2.05) is 0 Å². The van der Waals surface area contributed by atoms with E-state index in [2.05, 4.69) is 36.2 Å². The zero-order valence-corrected chi connectivity index (χ0v) is 6.66. The molecule has 0 aromatic rings. The van der Waals surface area contributed by atoms with Gasteiger partial charge in [-0.3, -0.25) is 0 Å². The van der Waals surface area contributed by atoms with Gasteiger partial charge in [-0.2, -0.15) is 13.5 Å². The van der Waals surface area contributed by atoms with Crippen LogP contribution in [-0.4, -0.2) is 0 Å². The van der Waals surface area contributed by atoms with E-state index in [1.54, 1.807) is 0 Å². The third-order valence-electron chi connectivity index (χ3n) is 0. The van der Waals surface area contributed by atoms with Gasteiger partial charge in [-0.25, -0.2) is 0 Å². The van der Waals surface area contributed by atoms with Crippen molar-refractivity contribution >= 4 is 35.9 Å². The first-order chi connectivity index (χ1) is 2.41. The molecule has 0 amide bonds. The molecule has 0 rings (SSSR count). The Bertz CT molecular complexity index is 11.6. The van der Waals surface area contributed by atoms with Crippen LogP contribution in [0.4, 0.5) is 0 Å². The van der Waals surface area contributed by atoms with Gasteiger partial charge < -0.3 is 0 Å². The Kier molecular flexibility index (Phi) is 520. The maximum absolute atomic E-state index is 3.67. The van der Waals surface area contributed by atoms with Gasteiger partial charge in [0.2, 0.25) is 0 Å². The Hall–Kier alpha value is 0.790. The smallest absolute Gasteiger partial charge is 0 e. The fraction of sp³-hybridized carbons (Fsp3) is 1.00. The zero-order chi connectivity index (χ0) is 4.71. The van der Waals surface area contributed by atoms with Gasteiger partial charge in [0.05, 0.1) is 0 Å².